The van der Waals surface area contributed by atoms with Crippen LogP contribution in [0, 0.1) is 10.7 Å². The Bertz CT molecular complexity index is 411. The number of rotatable bonds is 6. The molecule has 1 amide bonds. The fourth-order valence-corrected chi connectivity index (χ4v) is 1.96. The summed E-state index contributed by atoms with van der Waals surface area (Å²) in [4.78, 5) is 11.8. The van der Waals surface area contributed by atoms with Gasteiger partial charge < -0.3 is 5.32 Å². The molecule has 0 spiro atoms. The fourth-order valence-electron chi connectivity index (χ4n) is 1.37. The first-order valence-electron chi connectivity index (χ1n) is 5.25. The lowest BCUT2D eigenvalue weighted by Gasteiger charge is -2.12. The Morgan fingerprint density at radius 1 is 1.53 bits per heavy atom. The van der Waals surface area contributed by atoms with Crippen molar-refractivity contribution in [3.63, 3.8) is 0 Å². The molecule has 1 N–H and O–H groups in total. The number of thioether (sulfide) groups is 1. The smallest absolute Gasteiger partial charge is 0.234 e. The molecule has 1 atom stereocenters. The number of nitrogens with zero attached hydrogens (tertiary/aromatic N) is 1. The number of nitriles is 1. The number of benzene rings is 1. The molecule has 1 rings (SSSR count). The summed E-state index contributed by atoms with van der Waals surface area (Å²) in [5, 5.41) is 13.0. The summed E-state index contributed by atoms with van der Waals surface area (Å²) < 4.78 is 0. The number of thiocyanates is 1. The molecule has 0 fully saturated rings. The SMILES string of the molecule is C=CCNC(=O)C(Cc1ccccc1)SC#N. The summed E-state index contributed by atoms with van der Waals surface area (Å²) in [6.07, 6.45) is 2.18. The first-order chi connectivity index (χ1) is 8.27. The third-order valence-corrected chi connectivity index (χ3v) is 2.94. The van der Waals surface area contributed by atoms with Crippen LogP contribution in [0.15, 0.2) is 43.0 Å². The maximum absolute atomic E-state index is 11.8. The second-order valence-electron chi connectivity index (χ2n) is 3.42. The molecule has 17 heavy (non-hydrogen) atoms. The van der Waals surface area contributed by atoms with Crippen LogP contribution in [0.1, 0.15) is 5.56 Å². The van der Waals surface area contributed by atoms with Gasteiger partial charge >= 0.3 is 0 Å². The molecule has 88 valence electrons. The summed E-state index contributed by atoms with van der Waals surface area (Å²) in [7, 11) is 0. The molecule has 4 heteroatoms. The predicted molar refractivity (Wildman–Crippen MR) is 70.3 cm³/mol. The van der Waals surface area contributed by atoms with E-state index >= 15 is 0 Å². The van der Waals surface area contributed by atoms with Crippen molar-refractivity contribution in [3.05, 3.63) is 48.6 Å². The number of carbonyl (C=O) groups excluding carboxylic acids is 1. The van der Waals surface area contributed by atoms with Crippen molar-refractivity contribution in [3.8, 4) is 5.40 Å². The van der Waals surface area contributed by atoms with Crippen LogP contribution in [0.4, 0.5) is 0 Å². The van der Waals surface area contributed by atoms with Gasteiger partial charge in [0, 0.05) is 6.54 Å². The van der Waals surface area contributed by atoms with E-state index in [0.29, 0.717) is 13.0 Å². The van der Waals surface area contributed by atoms with Crippen LogP contribution in [0.2, 0.25) is 0 Å². The monoisotopic (exact) mass is 246 g/mol. The average molecular weight is 246 g/mol. The second kappa shape index (κ2) is 7.53. The van der Waals surface area contributed by atoms with Gasteiger partial charge in [0.15, 0.2) is 0 Å². The van der Waals surface area contributed by atoms with E-state index in [2.05, 4.69) is 11.9 Å². The van der Waals surface area contributed by atoms with E-state index in [1.165, 1.54) is 0 Å². The van der Waals surface area contributed by atoms with Crippen molar-refractivity contribution in [1.82, 2.24) is 5.32 Å². The van der Waals surface area contributed by atoms with E-state index in [1.54, 1.807) is 6.08 Å². The zero-order valence-corrected chi connectivity index (χ0v) is 10.2. The molecule has 0 saturated carbocycles. The Labute approximate surface area is 106 Å². The van der Waals surface area contributed by atoms with Crippen molar-refractivity contribution < 1.29 is 4.79 Å². The highest BCUT2D eigenvalue weighted by Gasteiger charge is 2.18. The molecule has 0 aliphatic rings. The van der Waals surface area contributed by atoms with E-state index in [0.717, 1.165) is 17.3 Å². The zero-order valence-electron chi connectivity index (χ0n) is 9.43. The molecular weight excluding hydrogens is 232 g/mol. The third-order valence-electron chi connectivity index (χ3n) is 2.17. The second-order valence-corrected chi connectivity index (χ2v) is 4.41. The number of hydrogen-bond acceptors (Lipinski definition) is 3. The van der Waals surface area contributed by atoms with Crippen molar-refractivity contribution >= 4 is 17.7 Å². The quantitative estimate of drug-likeness (QED) is 0.618. The Morgan fingerprint density at radius 3 is 2.82 bits per heavy atom. The van der Waals surface area contributed by atoms with Crippen LogP contribution >= 0.6 is 11.8 Å². The normalized spacial score (nSPS) is 11.2. The summed E-state index contributed by atoms with van der Waals surface area (Å²) in [5.41, 5.74) is 1.05. The summed E-state index contributed by atoms with van der Waals surface area (Å²) in [5.74, 6) is -0.125. The van der Waals surface area contributed by atoms with E-state index in [9.17, 15) is 4.79 Å². The average Bonchev–Trinajstić information content (AvgIpc) is 2.36. The first kappa shape index (κ1) is 13.3. The van der Waals surface area contributed by atoms with Gasteiger partial charge in [-0.25, -0.2) is 0 Å². The first-order valence-corrected chi connectivity index (χ1v) is 6.13. The minimum atomic E-state index is -0.373. The molecule has 3 nitrogen and oxygen atoms in total. The Kier molecular flexibility index (Phi) is 5.91. The Hall–Kier alpha value is -1.73. The van der Waals surface area contributed by atoms with Crippen LogP contribution in [-0.2, 0) is 11.2 Å². The van der Waals surface area contributed by atoms with Crippen LogP contribution in [0.3, 0.4) is 0 Å². The summed E-state index contributed by atoms with van der Waals surface area (Å²) in [6, 6.07) is 9.67. The van der Waals surface area contributed by atoms with Crippen LogP contribution in [-0.4, -0.2) is 17.7 Å². The number of hydrogen-bond donors (Lipinski definition) is 1. The molecule has 1 aromatic rings. The molecule has 1 aromatic carbocycles. The highest BCUT2D eigenvalue weighted by Crippen LogP contribution is 2.15. The van der Waals surface area contributed by atoms with Gasteiger partial charge in [-0.1, -0.05) is 36.4 Å². The third kappa shape index (κ3) is 4.75. The number of carbonyl (C=O) groups is 1. The molecule has 0 saturated heterocycles. The summed E-state index contributed by atoms with van der Waals surface area (Å²) in [6.45, 7) is 3.96. The van der Waals surface area contributed by atoms with Gasteiger partial charge in [0.2, 0.25) is 5.91 Å². The van der Waals surface area contributed by atoms with Crippen LogP contribution < -0.4 is 5.32 Å². The number of amides is 1. The van der Waals surface area contributed by atoms with E-state index in [4.69, 9.17) is 5.26 Å². The lowest BCUT2D eigenvalue weighted by Crippen LogP contribution is -2.33. The van der Waals surface area contributed by atoms with Gasteiger partial charge in [0.25, 0.3) is 0 Å². The molecule has 1 unspecified atom stereocenters. The Morgan fingerprint density at radius 2 is 2.24 bits per heavy atom. The molecule has 0 aliphatic heterocycles. The maximum atomic E-state index is 11.8. The van der Waals surface area contributed by atoms with Gasteiger partial charge in [-0.2, -0.15) is 5.26 Å². The number of nitrogens with one attached hydrogen (secondary N) is 1. The molecular formula is C13H14N2OS. The van der Waals surface area contributed by atoms with Crippen LogP contribution in [0.25, 0.3) is 0 Å². The lowest BCUT2D eigenvalue weighted by molar-refractivity contribution is -0.120. The predicted octanol–water partition coefficient (Wildman–Crippen LogP) is 2.11. The van der Waals surface area contributed by atoms with E-state index < -0.39 is 0 Å². The van der Waals surface area contributed by atoms with Crippen molar-refractivity contribution in [2.45, 2.75) is 11.7 Å². The molecule has 0 aromatic heterocycles. The minimum Gasteiger partial charge on any atom is -0.352 e. The van der Waals surface area contributed by atoms with Gasteiger partial charge in [-0.05, 0) is 23.7 Å². The van der Waals surface area contributed by atoms with Crippen molar-refractivity contribution in [2.24, 2.45) is 0 Å². The Balaban J connectivity index is 2.63. The van der Waals surface area contributed by atoms with E-state index in [-0.39, 0.29) is 11.2 Å². The van der Waals surface area contributed by atoms with E-state index in [1.807, 2.05) is 35.7 Å². The molecule has 0 bridgehead atoms. The zero-order chi connectivity index (χ0) is 12.5. The highest BCUT2D eigenvalue weighted by atomic mass is 32.2. The van der Waals surface area contributed by atoms with Crippen LogP contribution in [0.5, 0.6) is 0 Å². The van der Waals surface area contributed by atoms with Crippen molar-refractivity contribution in [2.75, 3.05) is 6.54 Å². The molecule has 0 aliphatic carbocycles. The maximum Gasteiger partial charge on any atom is 0.234 e. The fraction of sp³-hybridized carbons (Fsp3) is 0.231. The van der Waals surface area contributed by atoms with Gasteiger partial charge in [0.1, 0.15) is 10.7 Å². The molecule has 0 heterocycles. The molecule has 0 radical (unpaired) electrons. The lowest BCUT2D eigenvalue weighted by atomic mass is 10.1. The standard InChI is InChI=1S/C13H14N2OS/c1-2-8-15-13(16)12(17-10-14)9-11-6-4-3-5-7-11/h2-7,12H,1,8-9H2,(H,15,16). The summed E-state index contributed by atoms with van der Waals surface area (Å²) >= 11 is 0.989. The van der Waals surface area contributed by atoms with Gasteiger partial charge in [-0.15, -0.1) is 6.58 Å². The van der Waals surface area contributed by atoms with Gasteiger partial charge in [-0.3, -0.25) is 4.79 Å². The van der Waals surface area contributed by atoms with Crippen molar-refractivity contribution in [1.29, 1.82) is 5.26 Å². The van der Waals surface area contributed by atoms with Gasteiger partial charge in [0.05, 0.1) is 0 Å². The minimum absolute atomic E-state index is 0.125. The topological polar surface area (TPSA) is 52.9 Å². The largest absolute Gasteiger partial charge is 0.352 e. The highest BCUT2D eigenvalue weighted by molar-refractivity contribution is 8.04.